The van der Waals surface area contributed by atoms with Gasteiger partial charge in [-0.3, -0.25) is 0 Å². The third-order valence-corrected chi connectivity index (χ3v) is 5.15. The molecule has 14 heavy (non-hydrogen) atoms. The predicted octanol–water partition coefficient (Wildman–Crippen LogP) is 4.09. The predicted molar refractivity (Wildman–Crippen MR) is 62.6 cm³/mol. The molecule has 0 spiro atoms. The summed E-state index contributed by atoms with van der Waals surface area (Å²) in [6.07, 6.45) is 2.65. The molecule has 0 nitrogen and oxygen atoms in total. The summed E-state index contributed by atoms with van der Waals surface area (Å²) < 4.78 is 12.6. The summed E-state index contributed by atoms with van der Waals surface area (Å²) in [7, 11) is 0. The lowest BCUT2D eigenvalue weighted by molar-refractivity contribution is 0.626. The van der Waals surface area contributed by atoms with Gasteiger partial charge in [0.25, 0.3) is 0 Å². The molecule has 0 radical (unpaired) electrons. The van der Waals surface area contributed by atoms with E-state index in [1.54, 1.807) is 0 Å². The maximum absolute atomic E-state index is 12.6. The lowest BCUT2D eigenvalue weighted by Crippen LogP contribution is -2.04. The molecule has 0 heterocycles. The van der Waals surface area contributed by atoms with E-state index in [0.717, 1.165) is 11.1 Å². The highest BCUT2D eigenvalue weighted by molar-refractivity contribution is 9.09. The maximum Gasteiger partial charge on any atom is 0.123 e. The average molecular weight is 275 g/mol. The van der Waals surface area contributed by atoms with Crippen LogP contribution in [-0.4, -0.2) is 11.1 Å². The van der Waals surface area contributed by atoms with Crippen molar-refractivity contribution in [2.75, 3.05) is 11.1 Å². The van der Waals surface area contributed by atoms with E-state index in [9.17, 15) is 4.39 Å². The molecule has 0 bridgehead atoms. The minimum absolute atomic E-state index is 0.157. The minimum Gasteiger partial charge on any atom is -0.207 e. The lowest BCUT2D eigenvalue weighted by Gasteiger charge is -2.10. The van der Waals surface area contributed by atoms with Crippen LogP contribution in [0, 0.1) is 11.2 Å². The van der Waals surface area contributed by atoms with Crippen molar-refractivity contribution in [1.82, 2.24) is 0 Å². The van der Waals surface area contributed by atoms with E-state index in [4.69, 9.17) is 0 Å². The van der Waals surface area contributed by atoms with Gasteiger partial charge in [0.1, 0.15) is 5.82 Å². The van der Waals surface area contributed by atoms with Crippen LogP contribution in [-0.2, 0) is 0 Å². The van der Waals surface area contributed by atoms with Crippen molar-refractivity contribution in [2.45, 2.75) is 17.7 Å². The standard InChI is InChI=1S/C11H12BrFS/c12-7-11(5-6-11)8-14-10-3-1-9(13)2-4-10/h1-4H,5-8H2. The number of thioether (sulfide) groups is 1. The zero-order valence-electron chi connectivity index (χ0n) is 7.80. The van der Waals surface area contributed by atoms with Crippen LogP contribution in [0.2, 0.25) is 0 Å². The number of benzene rings is 1. The molecule has 1 aliphatic carbocycles. The fraction of sp³-hybridized carbons (Fsp3) is 0.455. The molecular formula is C11H12BrFS. The Balaban J connectivity index is 1.89. The van der Waals surface area contributed by atoms with Crippen LogP contribution < -0.4 is 0 Å². The first kappa shape index (κ1) is 10.5. The van der Waals surface area contributed by atoms with Crippen LogP contribution in [0.5, 0.6) is 0 Å². The second kappa shape index (κ2) is 4.23. The minimum atomic E-state index is -0.157. The summed E-state index contributed by atoms with van der Waals surface area (Å²) >= 11 is 5.37. The molecule has 0 aromatic heterocycles. The molecule has 76 valence electrons. The summed E-state index contributed by atoms with van der Waals surface area (Å²) in [4.78, 5) is 1.17. The third kappa shape index (κ3) is 2.51. The van der Waals surface area contributed by atoms with Crippen molar-refractivity contribution in [2.24, 2.45) is 5.41 Å². The van der Waals surface area contributed by atoms with Gasteiger partial charge in [-0.05, 0) is 42.5 Å². The van der Waals surface area contributed by atoms with E-state index < -0.39 is 0 Å². The van der Waals surface area contributed by atoms with Gasteiger partial charge in [0.15, 0.2) is 0 Å². The Hall–Kier alpha value is -0.0200. The quantitative estimate of drug-likeness (QED) is 0.589. The van der Waals surface area contributed by atoms with E-state index in [1.807, 2.05) is 23.9 Å². The molecule has 0 amide bonds. The highest BCUT2D eigenvalue weighted by atomic mass is 79.9. The van der Waals surface area contributed by atoms with E-state index in [2.05, 4.69) is 15.9 Å². The molecule has 2 rings (SSSR count). The third-order valence-electron chi connectivity index (χ3n) is 2.60. The lowest BCUT2D eigenvalue weighted by atomic mass is 10.2. The van der Waals surface area contributed by atoms with Gasteiger partial charge in [-0.15, -0.1) is 11.8 Å². The largest absolute Gasteiger partial charge is 0.207 e. The van der Waals surface area contributed by atoms with Crippen molar-refractivity contribution in [3.63, 3.8) is 0 Å². The first-order valence-electron chi connectivity index (χ1n) is 4.68. The van der Waals surface area contributed by atoms with E-state index in [1.165, 1.54) is 29.9 Å². The first-order valence-corrected chi connectivity index (χ1v) is 6.79. The zero-order chi connectivity index (χ0) is 10.0. The smallest absolute Gasteiger partial charge is 0.123 e. The Bertz CT molecular complexity index is 306. The molecule has 1 aliphatic rings. The van der Waals surface area contributed by atoms with Gasteiger partial charge < -0.3 is 0 Å². The van der Waals surface area contributed by atoms with Crippen molar-refractivity contribution in [1.29, 1.82) is 0 Å². The molecule has 3 heteroatoms. The number of rotatable bonds is 4. The number of hydrogen-bond acceptors (Lipinski definition) is 1. The molecule has 1 fully saturated rings. The van der Waals surface area contributed by atoms with Crippen molar-refractivity contribution < 1.29 is 4.39 Å². The topological polar surface area (TPSA) is 0 Å². The summed E-state index contributed by atoms with van der Waals surface area (Å²) in [6, 6.07) is 6.75. The zero-order valence-corrected chi connectivity index (χ0v) is 10.2. The second-order valence-corrected chi connectivity index (χ2v) is 5.49. The van der Waals surface area contributed by atoms with E-state index in [-0.39, 0.29) is 5.82 Å². The fourth-order valence-electron chi connectivity index (χ4n) is 1.26. The molecule has 0 unspecified atom stereocenters. The molecule has 0 N–H and O–H groups in total. The Labute approximate surface area is 96.4 Å². The highest BCUT2D eigenvalue weighted by Gasteiger charge is 2.41. The van der Waals surface area contributed by atoms with Gasteiger partial charge in [-0.1, -0.05) is 15.9 Å². The SMILES string of the molecule is Fc1ccc(SCC2(CBr)CC2)cc1. The van der Waals surface area contributed by atoms with Crippen LogP contribution in [0.25, 0.3) is 0 Å². The van der Waals surface area contributed by atoms with Gasteiger partial charge in [-0.25, -0.2) is 4.39 Å². The van der Waals surface area contributed by atoms with Gasteiger partial charge in [0.2, 0.25) is 0 Å². The Morgan fingerprint density at radius 2 is 1.93 bits per heavy atom. The van der Waals surface area contributed by atoms with Gasteiger partial charge in [0.05, 0.1) is 0 Å². The van der Waals surface area contributed by atoms with Gasteiger partial charge in [-0.2, -0.15) is 0 Å². The van der Waals surface area contributed by atoms with E-state index >= 15 is 0 Å². The van der Waals surface area contributed by atoms with Crippen LogP contribution in [0.3, 0.4) is 0 Å². The van der Waals surface area contributed by atoms with Crippen LogP contribution in [0.1, 0.15) is 12.8 Å². The molecule has 1 aromatic carbocycles. The molecule has 1 aromatic rings. The molecule has 1 saturated carbocycles. The maximum atomic E-state index is 12.6. The molecule has 0 atom stereocenters. The molecular weight excluding hydrogens is 263 g/mol. The Morgan fingerprint density at radius 1 is 1.29 bits per heavy atom. The van der Waals surface area contributed by atoms with Gasteiger partial charge >= 0.3 is 0 Å². The fourth-order valence-corrected chi connectivity index (χ4v) is 3.47. The number of halogens is 2. The monoisotopic (exact) mass is 274 g/mol. The van der Waals surface area contributed by atoms with Crippen LogP contribution in [0.15, 0.2) is 29.2 Å². The number of alkyl halides is 1. The van der Waals surface area contributed by atoms with E-state index in [0.29, 0.717) is 5.41 Å². The van der Waals surface area contributed by atoms with Crippen molar-refractivity contribution >= 4 is 27.7 Å². The summed E-state index contributed by atoms with van der Waals surface area (Å²) in [6.45, 7) is 0. The van der Waals surface area contributed by atoms with Crippen LogP contribution in [0.4, 0.5) is 4.39 Å². The summed E-state index contributed by atoms with van der Waals surface area (Å²) in [5, 5.41) is 1.09. The summed E-state index contributed by atoms with van der Waals surface area (Å²) in [5.74, 6) is 0.986. The number of hydrogen-bond donors (Lipinski definition) is 0. The normalized spacial score (nSPS) is 18.1. The van der Waals surface area contributed by atoms with Gasteiger partial charge in [0, 0.05) is 16.0 Å². The van der Waals surface area contributed by atoms with Crippen molar-refractivity contribution in [3.8, 4) is 0 Å². The van der Waals surface area contributed by atoms with Crippen molar-refractivity contribution in [3.05, 3.63) is 30.1 Å². The Kier molecular flexibility index (Phi) is 3.17. The molecule has 0 saturated heterocycles. The average Bonchev–Trinajstić information content (AvgIpc) is 2.98. The molecule has 0 aliphatic heterocycles. The second-order valence-electron chi connectivity index (χ2n) is 3.88. The highest BCUT2D eigenvalue weighted by Crippen LogP contribution is 2.50. The van der Waals surface area contributed by atoms with Crippen LogP contribution >= 0.6 is 27.7 Å². The first-order chi connectivity index (χ1) is 6.74. The summed E-state index contributed by atoms with van der Waals surface area (Å²) in [5.41, 5.74) is 0.527. The Morgan fingerprint density at radius 3 is 2.43 bits per heavy atom.